The van der Waals surface area contributed by atoms with Gasteiger partial charge in [0.2, 0.25) is 0 Å². The molecule has 0 fully saturated rings. The SMILES string of the molecule is CCCCc1ccc(C2(O)c3cc(Br)ccc3-c3ccc(Br)cc32)cc1. The lowest BCUT2D eigenvalue weighted by Gasteiger charge is -2.27. The molecule has 0 amide bonds. The van der Waals surface area contributed by atoms with Crippen LogP contribution in [0.5, 0.6) is 0 Å². The van der Waals surface area contributed by atoms with Gasteiger partial charge in [-0.3, -0.25) is 0 Å². The van der Waals surface area contributed by atoms with Crippen LogP contribution < -0.4 is 0 Å². The summed E-state index contributed by atoms with van der Waals surface area (Å²) in [6.07, 6.45) is 3.46. The first-order chi connectivity index (χ1) is 12.5. The predicted octanol–water partition coefficient (Wildman–Crippen LogP) is 6.82. The number of aryl methyl sites for hydroxylation is 1. The molecule has 132 valence electrons. The minimum absolute atomic E-state index is 0.911. The van der Waals surface area contributed by atoms with Gasteiger partial charge in [0, 0.05) is 20.1 Å². The molecule has 4 rings (SSSR count). The summed E-state index contributed by atoms with van der Waals surface area (Å²) in [4.78, 5) is 0. The van der Waals surface area contributed by atoms with Crippen molar-refractivity contribution in [2.24, 2.45) is 0 Å². The summed E-state index contributed by atoms with van der Waals surface area (Å²) in [6.45, 7) is 2.21. The zero-order valence-electron chi connectivity index (χ0n) is 14.6. The lowest BCUT2D eigenvalue weighted by Crippen LogP contribution is -2.26. The highest BCUT2D eigenvalue weighted by Gasteiger charge is 2.43. The van der Waals surface area contributed by atoms with Crippen LogP contribution >= 0.6 is 31.9 Å². The van der Waals surface area contributed by atoms with Crippen LogP contribution in [-0.4, -0.2) is 5.11 Å². The number of fused-ring (bicyclic) bond motifs is 3. The number of hydrogen-bond donors (Lipinski definition) is 1. The second-order valence-corrected chi connectivity index (χ2v) is 8.72. The molecule has 0 saturated carbocycles. The van der Waals surface area contributed by atoms with E-state index < -0.39 is 5.60 Å². The third-order valence-corrected chi connectivity index (χ3v) is 6.21. The molecule has 1 nitrogen and oxygen atoms in total. The molecule has 0 saturated heterocycles. The van der Waals surface area contributed by atoms with Crippen molar-refractivity contribution in [2.45, 2.75) is 31.8 Å². The molecule has 1 N–H and O–H groups in total. The Labute approximate surface area is 171 Å². The van der Waals surface area contributed by atoms with Crippen molar-refractivity contribution >= 4 is 31.9 Å². The molecule has 1 aliphatic rings. The van der Waals surface area contributed by atoms with Crippen molar-refractivity contribution in [3.05, 3.63) is 91.9 Å². The number of hydrogen-bond acceptors (Lipinski definition) is 1. The molecule has 3 aromatic carbocycles. The lowest BCUT2D eigenvalue weighted by molar-refractivity contribution is 0.130. The molecule has 0 aromatic heterocycles. The van der Waals surface area contributed by atoms with Crippen molar-refractivity contribution in [1.82, 2.24) is 0 Å². The van der Waals surface area contributed by atoms with Crippen molar-refractivity contribution in [2.75, 3.05) is 0 Å². The van der Waals surface area contributed by atoms with Gasteiger partial charge in [-0.05, 0) is 59.4 Å². The normalized spacial score (nSPS) is 14.2. The van der Waals surface area contributed by atoms with Gasteiger partial charge in [0.15, 0.2) is 0 Å². The molecular weight excluding hydrogens is 452 g/mol. The molecule has 26 heavy (non-hydrogen) atoms. The molecule has 0 spiro atoms. The van der Waals surface area contributed by atoms with E-state index in [-0.39, 0.29) is 0 Å². The molecule has 0 atom stereocenters. The molecular formula is C23H20Br2O. The molecule has 0 radical (unpaired) electrons. The molecule has 0 aliphatic heterocycles. The smallest absolute Gasteiger partial charge is 0.141 e. The number of benzene rings is 3. The summed E-state index contributed by atoms with van der Waals surface area (Å²) in [5.74, 6) is 0. The van der Waals surface area contributed by atoms with Gasteiger partial charge < -0.3 is 5.11 Å². The summed E-state index contributed by atoms with van der Waals surface area (Å²) >= 11 is 7.14. The summed E-state index contributed by atoms with van der Waals surface area (Å²) in [7, 11) is 0. The van der Waals surface area contributed by atoms with Gasteiger partial charge in [-0.2, -0.15) is 0 Å². The number of rotatable bonds is 4. The first-order valence-corrected chi connectivity index (χ1v) is 10.5. The van der Waals surface area contributed by atoms with E-state index in [9.17, 15) is 5.11 Å². The van der Waals surface area contributed by atoms with Crippen LogP contribution in [0.3, 0.4) is 0 Å². The van der Waals surface area contributed by atoms with Crippen molar-refractivity contribution in [1.29, 1.82) is 0 Å². The van der Waals surface area contributed by atoms with Crippen LogP contribution in [0, 0.1) is 0 Å². The Morgan fingerprint density at radius 1 is 0.808 bits per heavy atom. The van der Waals surface area contributed by atoms with E-state index in [1.807, 2.05) is 24.3 Å². The fraction of sp³-hybridized carbons (Fsp3) is 0.217. The van der Waals surface area contributed by atoms with Gasteiger partial charge in [0.05, 0.1) is 0 Å². The first kappa shape index (κ1) is 18.0. The van der Waals surface area contributed by atoms with Gasteiger partial charge in [0.25, 0.3) is 0 Å². The van der Waals surface area contributed by atoms with Crippen molar-refractivity contribution in [3.8, 4) is 11.1 Å². The minimum atomic E-state index is -1.14. The van der Waals surface area contributed by atoms with Gasteiger partial charge in [-0.1, -0.05) is 81.6 Å². The lowest BCUT2D eigenvalue weighted by atomic mass is 9.84. The second kappa shape index (κ2) is 6.95. The van der Waals surface area contributed by atoms with Crippen LogP contribution in [0.15, 0.2) is 69.6 Å². The Balaban J connectivity index is 1.89. The maximum Gasteiger partial charge on any atom is 0.141 e. The molecule has 1 aliphatic carbocycles. The number of unbranched alkanes of at least 4 members (excludes halogenated alkanes) is 1. The van der Waals surface area contributed by atoms with E-state index in [0.717, 1.165) is 43.2 Å². The van der Waals surface area contributed by atoms with E-state index >= 15 is 0 Å². The largest absolute Gasteiger partial charge is 0.376 e. The Kier molecular flexibility index (Phi) is 4.81. The van der Waals surface area contributed by atoms with E-state index in [4.69, 9.17) is 0 Å². The van der Waals surface area contributed by atoms with Crippen LogP contribution in [0.2, 0.25) is 0 Å². The summed E-state index contributed by atoms with van der Waals surface area (Å²) in [5, 5.41) is 11.9. The maximum absolute atomic E-state index is 11.9. The van der Waals surface area contributed by atoms with E-state index in [2.05, 4.69) is 75.2 Å². The Morgan fingerprint density at radius 3 is 1.85 bits per heavy atom. The maximum atomic E-state index is 11.9. The van der Waals surface area contributed by atoms with E-state index in [0.29, 0.717) is 0 Å². The zero-order chi connectivity index (χ0) is 18.3. The molecule has 3 heteroatoms. The van der Waals surface area contributed by atoms with Crippen molar-refractivity contribution in [3.63, 3.8) is 0 Å². The third-order valence-electron chi connectivity index (χ3n) is 5.22. The summed E-state index contributed by atoms with van der Waals surface area (Å²) in [6, 6.07) is 20.8. The monoisotopic (exact) mass is 470 g/mol. The van der Waals surface area contributed by atoms with E-state index in [1.165, 1.54) is 18.4 Å². The highest BCUT2D eigenvalue weighted by molar-refractivity contribution is 9.10. The topological polar surface area (TPSA) is 20.2 Å². The summed E-state index contributed by atoms with van der Waals surface area (Å²) in [5.41, 5.74) is 5.14. The molecule has 0 bridgehead atoms. The number of aliphatic hydroxyl groups is 1. The quantitative estimate of drug-likeness (QED) is 0.442. The highest BCUT2D eigenvalue weighted by Crippen LogP contribution is 2.52. The first-order valence-electron chi connectivity index (χ1n) is 8.96. The van der Waals surface area contributed by atoms with Gasteiger partial charge >= 0.3 is 0 Å². The summed E-state index contributed by atoms with van der Waals surface area (Å²) < 4.78 is 1.95. The van der Waals surface area contributed by atoms with Gasteiger partial charge in [0.1, 0.15) is 5.60 Å². The molecule has 3 aromatic rings. The fourth-order valence-electron chi connectivity index (χ4n) is 3.85. The Morgan fingerprint density at radius 2 is 1.35 bits per heavy atom. The minimum Gasteiger partial charge on any atom is -0.376 e. The van der Waals surface area contributed by atoms with Crippen molar-refractivity contribution < 1.29 is 5.11 Å². The molecule has 0 unspecified atom stereocenters. The van der Waals surface area contributed by atoms with Crippen LogP contribution in [0.1, 0.15) is 42.0 Å². The fourth-order valence-corrected chi connectivity index (χ4v) is 4.57. The average molecular weight is 472 g/mol. The second-order valence-electron chi connectivity index (χ2n) is 6.89. The average Bonchev–Trinajstić information content (AvgIpc) is 2.89. The van der Waals surface area contributed by atoms with Gasteiger partial charge in [-0.15, -0.1) is 0 Å². The molecule has 0 heterocycles. The third kappa shape index (κ3) is 2.87. The Bertz CT molecular complexity index is 909. The van der Waals surface area contributed by atoms with Crippen LogP contribution in [0.25, 0.3) is 11.1 Å². The highest BCUT2D eigenvalue weighted by atomic mass is 79.9. The number of halogens is 2. The van der Waals surface area contributed by atoms with Gasteiger partial charge in [-0.25, -0.2) is 0 Å². The Hall–Kier alpha value is -1.42. The van der Waals surface area contributed by atoms with Crippen LogP contribution in [0.4, 0.5) is 0 Å². The van der Waals surface area contributed by atoms with E-state index in [1.54, 1.807) is 0 Å². The standard InChI is InChI=1S/C23H20Br2O/c1-2-3-4-15-5-7-16(8-6-15)23(26)21-13-17(24)9-11-19(21)20-12-10-18(25)14-22(20)23/h5-14,26H,2-4H2,1H3. The van der Waals surface area contributed by atoms with Crippen LogP contribution in [-0.2, 0) is 12.0 Å². The zero-order valence-corrected chi connectivity index (χ0v) is 17.8. The predicted molar refractivity (Wildman–Crippen MR) is 114 cm³/mol.